The molecule has 0 fully saturated rings. The van der Waals surface area contributed by atoms with E-state index < -0.39 is 5.97 Å². The highest BCUT2D eigenvalue weighted by atomic mass is 16.4. The van der Waals surface area contributed by atoms with Crippen LogP contribution in [0.3, 0.4) is 0 Å². The van der Waals surface area contributed by atoms with Crippen LogP contribution in [0.1, 0.15) is 42.4 Å². The van der Waals surface area contributed by atoms with Gasteiger partial charge in [-0.15, -0.1) is 10.2 Å². The lowest BCUT2D eigenvalue weighted by atomic mass is 9.92. The summed E-state index contributed by atoms with van der Waals surface area (Å²) in [6.45, 7) is 8.12. The van der Waals surface area contributed by atoms with E-state index in [9.17, 15) is 9.90 Å². The number of azo groups is 1. The fraction of sp³-hybridized carbons (Fsp3) is 0.263. The van der Waals surface area contributed by atoms with E-state index in [-0.39, 0.29) is 16.7 Å². The minimum atomic E-state index is -1.22. The van der Waals surface area contributed by atoms with Crippen molar-refractivity contribution in [3.8, 4) is 5.75 Å². The first-order chi connectivity index (χ1) is 12.2. The lowest BCUT2D eigenvalue weighted by Crippen LogP contribution is -2.11. The second-order valence-corrected chi connectivity index (χ2v) is 7.13. The Hall–Kier alpha value is -3.22. The van der Waals surface area contributed by atoms with Crippen LogP contribution in [-0.4, -0.2) is 25.6 Å². The standard InChI is InChI=1S/C19H20N4O3/c1-11-6-5-9-23-16(11)20-15(19(2,3)4)17(23)22-21-12-7-8-14(24)13(10-12)18(25)26/h5-10,24H,1-4H3,(H,25,26). The number of pyridine rings is 1. The smallest absolute Gasteiger partial charge is 0.339 e. The first-order valence-electron chi connectivity index (χ1n) is 8.14. The van der Waals surface area contributed by atoms with Crippen molar-refractivity contribution < 1.29 is 15.0 Å². The maximum Gasteiger partial charge on any atom is 0.339 e. The number of carboxylic acids is 1. The van der Waals surface area contributed by atoms with Gasteiger partial charge in [0.1, 0.15) is 17.0 Å². The molecule has 0 saturated carbocycles. The lowest BCUT2D eigenvalue weighted by Gasteiger charge is -2.15. The van der Waals surface area contributed by atoms with Crippen molar-refractivity contribution in [3.63, 3.8) is 0 Å². The maximum atomic E-state index is 11.2. The largest absolute Gasteiger partial charge is 0.507 e. The fourth-order valence-corrected chi connectivity index (χ4v) is 2.65. The number of aromatic nitrogens is 2. The molecular weight excluding hydrogens is 332 g/mol. The molecule has 0 spiro atoms. The highest BCUT2D eigenvalue weighted by molar-refractivity contribution is 5.91. The summed E-state index contributed by atoms with van der Waals surface area (Å²) >= 11 is 0. The highest BCUT2D eigenvalue weighted by Crippen LogP contribution is 2.34. The summed E-state index contributed by atoms with van der Waals surface area (Å²) in [7, 11) is 0. The quantitative estimate of drug-likeness (QED) is 0.664. The number of nitrogens with zero attached hydrogens (tertiary/aromatic N) is 4. The van der Waals surface area contributed by atoms with Gasteiger partial charge in [0.25, 0.3) is 0 Å². The second kappa shape index (κ2) is 6.25. The molecule has 0 aliphatic heterocycles. The Morgan fingerprint density at radius 3 is 2.58 bits per heavy atom. The third kappa shape index (κ3) is 3.15. The molecule has 0 radical (unpaired) electrons. The van der Waals surface area contributed by atoms with Gasteiger partial charge in [-0.25, -0.2) is 9.78 Å². The summed E-state index contributed by atoms with van der Waals surface area (Å²) in [5, 5.41) is 27.3. The van der Waals surface area contributed by atoms with E-state index in [2.05, 4.69) is 10.2 Å². The fourth-order valence-electron chi connectivity index (χ4n) is 2.65. The van der Waals surface area contributed by atoms with Crippen molar-refractivity contribution in [1.29, 1.82) is 0 Å². The Morgan fingerprint density at radius 2 is 1.92 bits per heavy atom. The number of hydrogen-bond donors (Lipinski definition) is 2. The van der Waals surface area contributed by atoms with Gasteiger partial charge in [-0.2, -0.15) is 0 Å². The summed E-state index contributed by atoms with van der Waals surface area (Å²) in [6, 6.07) is 7.98. The Bertz CT molecular complexity index is 1030. The molecule has 0 amide bonds. The molecule has 0 atom stereocenters. The van der Waals surface area contributed by atoms with E-state index in [1.165, 1.54) is 18.2 Å². The van der Waals surface area contributed by atoms with Gasteiger partial charge in [0.15, 0.2) is 5.82 Å². The Morgan fingerprint density at radius 1 is 1.19 bits per heavy atom. The zero-order valence-electron chi connectivity index (χ0n) is 15.1. The van der Waals surface area contributed by atoms with E-state index in [0.29, 0.717) is 11.5 Å². The topological polar surface area (TPSA) is 99.6 Å². The molecule has 7 heteroatoms. The van der Waals surface area contributed by atoms with Crippen LogP contribution in [0.2, 0.25) is 0 Å². The number of rotatable bonds is 3. The van der Waals surface area contributed by atoms with Crippen LogP contribution in [0.4, 0.5) is 11.5 Å². The highest BCUT2D eigenvalue weighted by Gasteiger charge is 2.24. The summed E-state index contributed by atoms with van der Waals surface area (Å²) in [6.07, 6.45) is 1.87. The zero-order chi connectivity index (χ0) is 19.1. The molecule has 26 heavy (non-hydrogen) atoms. The number of fused-ring (bicyclic) bond motifs is 1. The van der Waals surface area contributed by atoms with Crippen LogP contribution >= 0.6 is 0 Å². The third-order valence-corrected chi connectivity index (χ3v) is 4.00. The SMILES string of the molecule is Cc1cccn2c(N=Nc3ccc(O)c(C(=O)O)c3)c(C(C)(C)C)nc12. The predicted molar refractivity (Wildman–Crippen MR) is 97.9 cm³/mol. The van der Waals surface area contributed by atoms with Crippen molar-refractivity contribution in [3.05, 3.63) is 53.3 Å². The number of aromatic carboxylic acids is 1. The van der Waals surface area contributed by atoms with Gasteiger partial charge in [-0.1, -0.05) is 26.8 Å². The summed E-state index contributed by atoms with van der Waals surface area (Å²) in [5.74, 6) is -0.932. The number of imidazole rings is 1. The van der Waals surface area contributed by atoms with Gasteiger partial charge in [-0.05, 0) is 36.8 Å². The van der Waals surface area contributed by atoms with Gasteiger partial charge in [0, 0.05) is 11.6 Å². The lowest BCUT2D eigenvalue weighted by molar-refractivity contribution is 0.0694. The summed E-state index contributed by atoms with van der Waals surface area (Å²) in [4.78, 5) is 15.9. The molecule has 3 rings (SSSR count). The van der Waals surface area contributed by atoms with Crippen molar-refractivity contribution in [2.24, 2.45) is 10.2 Å². The molecule has 0 aliphatic carbocycles. The molecule has 0 bridgehead atoms. The first-order valence-corrected chi connectivity index (χ1v) is 8.14. The number of benzene rings is 1. The monoisotopic (exact) mass is 352 g/mol. The van der Waals surface area contributed by atoms with E-state index in [0.717, 1.165) is 16.9 Å². The minimum absolute atomic E-state index is 0.216. The molecule has 1 aromatic carbocycles. The van der Waals surface area contributed by atoms with Gasteiger partial charge in [0.2, 0.25) is 0 Å². The number of aryl methyl sites for hydroxylation is 1. The Labute approximate surface area is 150 Å². The van der Waals surface area contributed by atoms with Crippen LogP contribution in [-0.2, 0) is 5.41 Å². The Balaban J connectivity index is 2.14. The molecule has 0 unspecified atom stereocenters. The number of carbonyl (C=O) groups is 1. The number of phenols is 1. The van der Waals surface area contributed by atoms with Gasteiger partial charge in [0.05, 0.1) is 11.4 Å². The molecular formula is C19H20N4O3. The van der Waals surface area contributed by atoms with Crippen LogP contribution in [0.15, 0.2) is 46.8 Å². The van der Waals surface area contributed by atoms with E-state index in [1.807, 2.05) is 50.4 Å². The van der Waals surface area contributed by atoms with Crippen molar-refractivity contribution >= 4 is 23.1 Å². The molecule has 0 saturated heterocycles. The minimum Gasteiger partial charge on any atom is -0.507 e. The van der Waals surface area contributed by atoms with Gasteiger partial charge >= 0.3 is 5.97 Å². The molecule has 2 heterocycles. The molecule has 3 aromatic rings. The van der Waals surface area contributed by atoms with Crippen LogP contribution in [0, 0.1) is 6.92 Å². The Kier molecular flexibility index (Phi) is 4.23. The summed E-state index contributed by atoms with van der Waals surface area (Å²) < 4.78 is 1.87. The van der Waals surface area contributed by atoms with E-state index in [1.54, 1.807) is 0 Å². The van der Waals surface area contributed by atoms with Gasteiger partial charge in [-0.3, -0.25) is 4.40 Å². The van der Waals surface area contributed by atoms with E-state index in [4.69, 9.17) is 10.1 Å². The molecule has 0 aliphatic rings. The number of hydrogen-bond acceptors (Lipinski definition) is 5. The van der Waals surface area contributed by atoms with Crippen molar-refractivity contribution in [2.45, 2.75) is 33.1 Å². The van der Waals surface area contributed by atoms with Crippen LogP contribution in [0.25, 0.3) is 5.65 Å². The summed E-state index contributed by atoms with van der Waals surface area (Å²) in [5.41, 5.74) is 2.51. The first kappa shape index (κ1) is 17.6. The average Bonchev–Trinajstić information content (AvgIpc) is 2.94. The van der Waals surface area contributed by atoms with Crippen molar-refractivity contribution in [1.82, 2.24) is 9.38 Å². The third-order valence-electron chi connectivity index (χ3n) is 4.00. The number of aromatic hydroxyl groups is 1. The average molecular weight is 352 g/mol. The zero-order valence-corrected chi connectivity index (χ0v) is 15.1. The second-order valence-electron chi connectivity index (χ2n) is 7.13. The van der Waals surface area contributed by atoms with Crippen LogP contribution in [0.5, 0.6) is 5.75 Å². The predicted octanol–water partition coefficient (Wildman–Crippen LogP) is 4.76. The van der Waals surface area contributed by atoms with Crippen LogP contribution < -0.4 is 0 Å². The normalized spacial score (nSPS) is 12.2. The van der Waals surface area contributed by atoms with Crippen molar-refractivity contribution in [2.75, 3.05) is 0 Å². The molecule has 2 aromatic heterocycles. The number of carboxylic acid groups (broad SMARTS) is 1. The molecule has 7 nitrogen and oxygen atoms in total. The molecule has 2 N–H and O–H groups in total. The van der Waals surface area contributed by atoms with Gasteiger partial charge < -0.3 is 10.2 Å². The molecule has 134 valence electrons. The maximum absolute atomic E-state index is 11.2. The van der Waals surface area contributed by atoms with E-state index >= 15 is 0 Å².